The standard InChI is InChI=1S/C32H38ClN5O3/c1-35-8-10-36(11-9-35)7-6-25-21-38-22-26(18-30(39)34-19-23-2-4-27(33)5-3-23)32(40)29-17-24(16-28(25)31(29)38)20-37-12-14-41-15-13-37/h2-5,16-17,21-22H,6-15,18-20H2,1H3,(H,34,39). The van der Waals surface area contributed by atoms with Crippen molar-refractivity contribution in [2.24, 2.45) is 0 Å². The van der Waals surface area contributed by atoms with E-state index < -0.39 is 0 Å². The van der Waals surface area contributed by atoms with Crippen molar-refractivity contribution in [3.63, 3.8) is 0 Å². The summed E-state index contributed by atoms with van der Waals surface area (Å²) in [5.74, 6) is -0.175. The van der Waals surface area contributed by atoms with Crippen LogP contribution in [0.4, 0.5) is 0 Å². The summed E-state index contributed by atoms with van der Waals surface area (Å²) in [6.45, 7) is 9.75. The summed E-state index contributed by atoms with van der Waals surface area (Å²) in [5, 5.41) is 5.45. The molecule has 2 saturated heterocycles. The molecule has 4 aromatic rings. The molecule has 0 spiro atoms. The number of halogens is 1. The normalized spacial score (nSPS) is 17.5. The Bertz CT molecular complexity index is 1560. The molecule has 0 atom stereocenters. The first-order valence-corrected chi connectivity index (χ1v) is 14.9. The molecule has 8 nitrogen and oxygen atoms in total. The third-order valence-electron chi connectivity index (χ3n) is 8.46. The van der Waals surface area contributed by atoms with Crippen LogP contribution < -0.4 is 10.7 Å². The van der Waals surface area contributed by atoms with Gasteiger partial charge in [-0.2, -0.15) is 0 Å². The summed E-state index contributed by atoms with van der Waals surface area (Å²) in [5.41, 5.74) is 4.76. The van der Waals surface area contributed by atoms with Crippen LogP contribution in [0.15, 0.2) is 53.6 Å². The van der Waals surface area contributed by atoms with Gasteiger partial charge in [-0.1, -0.05) is 23.7 Å². The number of ether oxygens (including phenoxy) is 1. The number of piperazine rings is 1. The molecule has 9 heteroatoms. The Labute approximate surface area is 245 Å². The van der Waals surface area contributed by atoms with Crippen LogP contribution in [0.2, 0.25) is 5.02 Å². The molecule has 2 aliphatic rings. The second-order valence-electron chi connectivity index (χ2n) is 11.4. The highest BCUT2D eigenvalue weighted by Crippen LogP contribution is 2.28. The molecule has 0 aliphatic carbocycles. The molecule has 6 rings (SSSR count). The number of carbonyl (C=O) groups is 1. The van der Waals surface area contributed by atoms with Crippen LogP contribution in [0.1, 0.15) is 22.3 Å². The third-order valence-corrected chi connectivity index (χ3v) is 8.71. The van der Waals surface area contributed by atoms with Crippen molar-refractivity contribution in [1.29, 1.82) is 0 Å². The molecule has 2 aromatic heterocycles. The maximum atomic E-state index is 13.8. The van der Waals surface area contributed by atoms with Crippen LogP contribution in [-0.2, 0) is 35.5 Å². The number of aromatic nitrogens is 1. The summed E-state index contributed by atoms with van der Waals surface area (Å²) in [6, 6.07) is 11.7. The Hall–Kier alpha value is -3.01. The van der Waals surface area contributed by atoms with Crippen LogP contribution in [0.25, 0.3) is 16.3 Å². The van der Waals surface area contributed by atoms with Crippen molar-refractivity contribution >= 4 is 33.8 Å². The first kappa shape index (κ1) is 28.1. The molecule has 0 bridgehead atoms. The molecule has 1 amide bonds. The van der Waals surface area contributed by atoms with E-state index in [1.165, 1.54) is 5.56 Å². The van der Waals surface area contributed by atoms with Crippen LogP contribution in [0, 0.1) is 0 Å². The summed E-state index contributed by atoms with van der Waals surface area (Å²) in [4.78, 5) is 34.0. The van der Waals surface area contributed by atoms with Crippen LogP contribution in [0.5, 0.6) is 0 Å². The highest BCUT2D eigenvalue weighted by Gasteiger charge is 2.20. The quantitative estimate of drug-likeness (QED) is 0.331. The van der Waals surface area contributed by atoms with E-state index in [4.69, 9.17) is 16.3 Å². The fourth-order valence-corrected chi connectivity index (χ4v) is 6.14. The van der Waals surface area contributed by atoms with Crippen LogP contribution >= 0.6 is 11.6 Å². The molecule has 2 aliphatic heterocycles. The Balaban J connectivity index is 1.28. The van der Waals surface area contributed by atoms with Crippen molar-refractivity contribution < 1.29 is 9.53 Å². The average molecular weight is 576 g/mol. The topological polar surface area (TPSA) is 69.5 Å². The van der Waals surface area contributed by atoms with Gasteiger partial charge in [0.1, 0.15) is 0 Å². The fourth-order valence-electron chi connectivity index (χ4n) is 6.02. The molecule has 41 heavy (non-hydrogen) atoms. The van der Waals surface area contributed by atoms with Crippen molar-refractivity contribution in [3.8, 4) is 0 Å². The van der Waals surface area contributed by atoms with Crippen molar-refractivity contribution in [1.82, 2.24) is 24.4 Å². The van der Waals surface area contributed by atoms with E-state index in [1.54, 1.807) is 12.1 Å². The minimum absolute atomic E-state index is 0.0376. The summed E-state index contributed by atoms with van der Waals surface area (Å²) in [7, 11) is 2.18. The minimum atomic E-state index is -0.175. The van der Waals surface area contributed by atoms with E-state index >= 15 is 0 Å². The number of morpholine rings is 1. The van der Waals surface area contributed by atoms with Crippen molar-refractivity contribution in [3.05, 3.63) is 86.3 Å². The lowest BCUT2D eigenvalue weighted by Crippen LogP contribution is -2.45. The maximum absolute atomic E-state index is 13.8. The summed E-state index contributed by atoms with van der Waals surface area (Å²) in [6.07, 6.45) is 4.99. The van der Waals surface area contributed by atoms with E-state index in [9.17, 15) is 9.59 Å². The monoisotopic (exact) mass is 575 g/mol. The van der Waals surface area contributed by atoms with Gasteiger partial charge < -0.3 is 24.3 Å². The van der Waals surface area contributed by atoms with Gasteiger partial charge >= 0.3 is 0 Å². The largest absolute Gasteiger partial charge is 0.379 e. The number of nitrogens with zero attached hydrogens (tertiary/aromatic N) is 4. The average Bonchev–Trinajstić information content (AvgIpc) is 3.33. The predicted octanol–water partition coefficient (Wildman–Crippen LogP) is 3.02. The Morgan fingerprint density at radius 3 is 2.37 bits per heavy atom. The summed E-state index contributed by atoms with van der Waals surface area (Å²) >= 11 is 5.98. The van der Waals surface area contributed by atoms with Gasteiger partial charge in [-0.3, -0.25) is 14.5 Å². The highest BCUT2D eigenvalue weighted by molar-refractivity contribution is 6.30. The SMILES string of the molecule is CN1CCN(CCc2cn3cc(CC(=O)NCc4ccc(Cl)cc4)c(=O)c4cc(CN5CCOCC5)cc2c43)CC1. The first-order valence-electron chi connectivity index (χ1n) is 14.6. The number of rotatable bonds is 9. The Morgan fingerprint density at radius 2 is 1.61 bits per heavy atom. The van der Waals surface area contributed by atoms with Crippen LogP contribution in [0.3, 0.4) is 0 Å². The molecule has 0 saturated carbocycles. The lowest BCUT2D eigenvalue weighted by molar-refractivity contribution is -0.120. The number of pyridine rings is 1. The smallest absolute Gasteiger partial charge is 0.224 e. The number of likely N-dealkylation sites (N-methyl/N-ethyl adjacent to an activating group) is 1. The van der Waals surface area contributed by atoms with Gasteiger partial charge in [0.2, 0.25) is 5.91 Å². The van der Waals surface area contributed by atoms with Gasteiger partial charge in [0.05, 0.1) is 25.2 Å². The maximum Gasteiger partial charge on any atom is 0.224 e. The van der Waals surface area contributed by atoms with E-state index in [0.717, 1.165) is 94.0 Å². The van der Waals surface area contributed by atoms with E-state index in [1.807, 2.05) is 24.4 Å². The number of hydrogen-bond donors (Lipinski definition) is 1. The molecule has 0 radical (unpaired) electrons. The predicted molar refractivity (Wildman–Crippen MR) is 163 cm³/mol. The van der Waals surface area contributed by atoms with Crippen LogP contribution in [-0.4, -0.2) is 91.1 Å². The highest BCUT2D eigenvalue weighted by atomic mass is 35.5. The molecule has 2 fully saturated rings. The van der Waals surface area contributed by atoms with Gasteiger partial charge in [-0.05, 0) is 54.4 Å². The lowest BCUT2D eigenvalue weighted by atomic mass is 10.0. The molecular formula is C32H38ClN5O3. The molecule has 216 valence electrons. The van der Waals surface area contributed by atoms with Gasteiger partial charge in [-0.15, -0.1) is 0 Å². The lowest BCUT2D eigenvalue weighted by Gasteiger charge is -2.32. The van der Waals surface area contributed by atoms with Crippen molar-refractivity contribution in [2.45, 2.75) is 25.9 Å². The van der Waals surface area contributed by atoms with Gasteiger partial charge in [0, 0.05) is 92.7 Å². The number of nitrogens with one attached hydrogen (secondary N) is 1. The van der Waals surface area contributed by atoms with Gasteiger partial charge in [0.15, 0.2) is 5.43 Å². The number of benzene rings is 2. The van der Waals surface area contributed by atoms with E-state index in [-0.39, 0.29) is 17.8 Å². The zero-order chi connectivity index (χ0) is 28.3. The zero-order valence-corrected chi connectivity index (χ0v) is 24.5. The molecular weight excluding hydrogens is 538 g/mol. The van der Waals surface area contributed by atoms with Gasteiger partial charge in [0.25, 0.3) is 0 Å². The van der Waals surface area contributed by atoms with E-state index in [0.29, 0.717) is 22.5 Å². The third kappa shape index (κ3) is 6.58. The second-order valence-corrected chi connectivity index (χ2v) is 11.9. The molecule has 4 heterocycles. The minimum Gasteiger partial charge on any atom is -0.379 e. The molecule has 0 unspecified atom stereocenters. The number of carbonyl (C=O) groups excluding carboxylic acids is 1. The summed E-state index contributed by atoms with van der Waals surface area (Å²) < 4.78 is 7.62. The second kappa shape index (κ2) is 12.5. The molecule has 2 aromatic carbocycles. The zero-order valence-electron chi connectivity index (χ0n) is 23.7. The number of hydrogen-bond acceptors (Lipinski definition) is 6. The Kier molecular flexibility index (Phi) is 8.55. The van der Waals surface area contributed by atoms with E-state index in [2.05, 4.69) is 43.7 Å². The molecule has 1 N–H and O–H groups in total. The van der Waals surface area contributed by atoms with Crippen molar-refractivity contribution in [2.75, 3.05) is 66.1 Å². The van der Waals surface area contributed by atoms with Gasteiger partial charge in [-0.25, -0.2) is 0 Å². The first-order chi connectivity index (χ1) is 19.9. The Morgan fingerprint density at radius 1 is 0.902 bits per heavy atom. The fraction of sp³-hybridized carbons (Fsp3) is 0.438. The number of amides is 1.